The maximum Gasteiger partial charge on any atom is 0.269 e. The van der Waals surface area contributed by atoms with Crippen molar-refractivity contribution >= 4 is 28.4 Å². The smallest absolute Gasteiger partial charge is 0.269 e. The third kappa shape index (κ3) is 5.26. The Balaban J connectivity index is 1.69. The molecule has 0 spiro atoms. The molecule has 1 heterocycles. The van der Waals surface area contributed by atoms with Crippen molar-refractivity contribution in [3.63, 3.8) is 0 Å². The molecule has 1 N–H and O–H groups in total. The van der Waals surface area contributed by atoms with Gasteiger partial charge >= 0.3 is 0 Å². The molecule has 0 unspecified atom stereocenters. The van der Waals surface area contributed by atoms with Gasteiger partial charge in [0.25, 0.3) is 5.69 Å². The number of aromatic amines is 1. The zero-order chi connectivity index (χ0) is 25.7. The quantitative estimate of drug-likeness (QED) is 0.133. The monoisotopic (exact) mass is 480 g/mol. The van der Waals surface area contributed by atoms with Crippen molar-refractivity contribution in [2.45, 2.75) is 20.0 Å². The SMILES string of the molecule is C=CCc1cc(C=C(C#N)c2nc3ccc(C)cc3[nH]2)cc(OC)c1OCc1cccc([N+](=O)[O-])c1. The van der Waals surface area contributed by atoms with Crippen LogP contribution >= 0.6 is 0 Å². The number of non-ortho nitro benzene ring substituents is 1. The predicted molar refractivity (Wildman–Crippen MR) is 139 cm³/mol. The largest absolute Gasteiger partial charge is 0.493 e. The van der Waals surface area contributed by atoms with Crippen molar-refractivity contribution in [2.24, 2.45) is 0 Å². The lowest BCUT2D eigenvalue weighted by molar-refractivity contribution is -0.384. The van der Waals surface area contributed by atoms with Gasteiger partial charge in [0.15, 0.2) is 11.5 Å². The fraction of sp³-hybridized carbons (Fsp3) is 0.143. The minimum Gasteiger partial charge on any atom is -0.493 e. The standard InChI is InChI=1S/C28H24N4O4/c1-4-6-21-12-20(13-22(16-29)28-30-24-10-9-18(2)11-25(24)31-28)15-26(35-3)27(21)36-17-19-7-5-8-23(14-19)32(33)34/h4-5,7-15H,1,6,17H2,2-3H3,(H,30,31). The number of nitrogens with one attached hydrogen (secondary N) is 1. The number of methoxy groups -OCH3 is 1. The van der Waals surface area contributed by atoms with E-state index in [2.05, 4.69) is 22.6 Å². The molecule has 4 aromatic rings. The van der Waals surface area contributed by atoms with E-state index in [9.17, 15) is 15.4 Å². The van der Waals surface area contributed by atoms with Crippen LogP contribution in [-0.2, 0) is 13.0 Å². The molecule has 180 valence electrons. The number of hydrogen-bond donors (Lipinski definition) is 1. The number of allylic oxidation sites excluding steroid dienone is 2. The van der Waals surface area contributed by atoms with Crippen molar-refractivity contribution in [3.05, 3.63) is 105 Å². The lowest BCUT2D eigenvalue weighted by atomic mass is 10.0. The highest BCUT2D eigenvalue weighted by molar-refractivity contribution is 5.90. The molecule has 8 nitrogen and oxygen atoms in total. The van der Waals surface area contributed by atoms with Crippen LogP contribution in [0, 0.1) is 28.4 Å². The third-order valence-electron chi connectivity index (χ3n) is 5.57. The van der Waals surface area contributed by atoms with E-state index in [1.807, 2.05) is 31.2 Å². The van der Waals surface area contributed by atoms with Crippen LogP contribution < -0.4 is 9.47 Å². The van der Waals surface area contributed by atoms with E-state index in [0.29, 0.717) is 34.9 Å². The average Bonchev–Trinajstić information content (AvgIpc) is 3.29. The molecular formula is C28H24N4O4. The van der Waals surface area contributed by atoms with Gasteiger partial charge in [-0.2, -0.15) is 5.26 Å². The normalized spacial score (nSPS) is 11.2. The van der Waals surface area contributed by atoms with Gasteiger partial charge in [0.1, 0.15) is 18.5 Å². The van der Waals surface area contributed by atoms with Crippen LogP contribution in [0.1, 0.15) is 28.1 Å². The summed E-state index contributed by atoms with van der Waals surface area (Å²) in [5.74, 6) is 1.47. The number of hydrogen-bond acceptors (Lipinski definition) is 6. The molecule has 0 fully saturated rings. The van der Waals surface area contributed by atoms with Gasteiger partial charge in [0.2, 0.25) is 0 Å². The predicted octanol–water partition coefficient (Wildman–Crippen LogP) is 6.16. The molecule has 0 atom stereocenters. The summed E-state index contributed by atoms with van der Waals surface area (Å²) in [7, 11) is 1.54. The van der Waals surface area contributed by atoms with Crippen LogP contribution in [0.15, 0.2) is 67.3 Å². The molecule has 0 amide bonds. The Hall–Kier alpha value is -4.90. The number of imidazole rings is 1. The van der Waals surface area contributed by atoms with Crippen molar-refractivity contribution in [1.29, 1.82) is 5.26 Å². The van der Waals surface area contributed by atoms with Gasteiger partial charge in [0.05, 0.1) is 28.6 Å². The average molecular weight is 481 g/mol. The van der Waals surface area contributed by atoms with E-state index in [4.69, 9.17) is 9.47 Å². The number of nitriles is 1. The van der Waals surface area contributed by atoms with Crippen LogP contribution in [0.5, 0.6) is 11.5 Å². The van der Waals surface area contributed by atoms with Gasteiger partial charge < -0.3 is 14.5 Å². The maximum absolute atomic E-state index is 11.1. The van der Waals surface area contributed by atoms with Crippen LogP contribution in [0.4, 0.5) is 5.69 Å². The molecule has 0 saturated carbocycles. The maximum atomic E-state index is 11.1. The van der Waals surface area contributed by atoms with E-state index < -0.39 is 4.92 Å². The summed E-state index contributed by atoms with van der Waals surface area (Å²) in [5.41, 5.74) is 5.32. The van der Waals surface area contributed by atoms with E-state index in [-0.39, 0.29) is 12.3 Å². The molecule has 0 saturated heterocycles. The first-order chi connectivity index (χ1) is 17.4. The summed E-state index contributed by atoms with van der Waals surface area (Å²) in [4.78, 5) is 18.4. The van der Waals surface area contributed by atoms with E-state index >= 15 is 0 Å². The Morgan fingerprint density at radius 3 is 2.81 bits per heavy atom. The summed E-state index contributed by atoms with van der Waals surface area (Å²) >= 11 is 0. The van der Waals surface area contributed by atoms with Crippen LogP contribution in [-0.4, -0.2) is 22.0 Å². The van der Waals surface area contributed by atoms with Crippen molar-refractivity contribution in [1.82, 2.24) is 9.97 Å². The first-order valence-electron chi connectivity index (χ1n) is 11.2. The van der Waals surface area contributed by atoms with Crippen LogP contribution in [0.25, 0.3) is 22.7 Å². The lowest BCUT2D eigenvalue weighted by Crippen LogP contribution is -2.02. The number of nitrogens with zero attached hydrogens (tertiary/aromatic N) is 3. The minimum atomic E-state index is -0.440. The molecule has 36 heavy (non-hydrogen) atoms. The van der Waals surface area contributed by atoms with Gasteiger partial charge in [-0.3, -0.25) is 10.1 Å². The summed E-state index contributed by atoms with van der Waals surface area (Å²) in [5, 5.41) is 20.9. The number of benzene rings is 3. The summed E-state index contributed by atoms with van der Waals surface area (Å²) < 4.78 is 11.7. The van der Waals surface area contributed by atoms with Gasteiger partial charge in [-0.1, -0.05) is 24.3 Å². The number of H-pyrrole nitrogens is 1. The summed E-state index contributed by atoms with van der Waals surface area (Å²) in [6, 6.07) is 18.1. The second-order valence-electron chi connectivity index (χ2n) is 8.20. The molecule has 0 radical (unpaired) electrons. The Bertz CT molecular complexity index is 1530. The first-order valence-corrected chi connectivity index (χ1v) is 11.2. The van der Waals surface area contributed by atoms with Gasteiger partial charge in [-0.15, -0.1) is 6.58 Å². The molecule has 0 bridgehead atoms. The Morgan fingerprint density at radius 1 is 1.25 bits per heavy atom. The highest BCUT2D eigenvalue weighted by Gasteiger charge is 2.15. The summed E-state index contributed by atoms with van der Waals surface area (Å²) in [6.45, 7) is 5.95. The number of nitro groups is 1. The molecule has 0 aliphatic heterocycles. The van der Waals surface area contributed by atoms with E-state index in [1.165, 1.54) is 19.2 Å². The van der Waals surface area contributed by atoms with Gasteiger partial charge in [0, 0.05) is 17.7 Å². The number of aromatic nitrogens is 2. The highest BCUT2D eigenvalue weighted by Crippen LogP contribution is 2.35. The Labute approximate surface area is 208 Å². The van der Waals surface area contributed by atoms with E-state index in [0.717, 1.165) is 27.7 Å². The van der Waals surface area contributed by atoms with Crippen molar-refractivity contribution in [3.8, 4) is 17.6 Å². The molecule has 0 aliphatic carbocycles. The molecule has 1 aromatic heterocycles. The number of aryl methyl sites for hydroxylation is 1. The van der Waals surface area contributed by atoms with Crippen LogP contribution in [0.3, 0.4) is 0 Å². The third-order valence-corrected chi connectivity index (χ3v) is 5.57. The number of nitro benzene ring substituents is 1. The molecule has 4 rings (SSSR count). The zero-order valence-corrected chi connectivity index (χ0v) is 19.9. The fourth-order valence-electron chi connectivity index (χ4n) is 3.88. The summed E-state index contributed by atoms with van der Waals surface area (Å²) in [6.07, 6.45) is 3.98. The fourth-order valence-corrected chi connectivity index (χ4v) is 3.88. The molecule has 3 aromatic carbocycles. The van der Waals surface area contributed by atoms with Crippen LogP contribution in [0.2, 0.25) is 0 Å². The zero-order valence-electron chi connectivity index (χ0n) is 19.9. The second-order valence-corrected chi connectivity index (χ2v) is 8.20. The number of rotatable bonds is 9. The topological polar surface area (TPSA) is 114 Å². The van der Waals surface area contributed by atoms with Crippen molar-refractivity contribution in [2.75, 3.05) is 7.11 Å². The second kappa shape index (κ2) is 10.6. The number of ether oxygens (including phenoxy) is 2. The minimum absolute atomic E-state index is 0.000328. The first kappa shape index (κ1) is 24.2. The molecule has 0 aliphatic rings. The van der Waals surface area contributed by atoms with Crippen molar-refractivity contribution < 1.29 is 14.4 Å². The van der Waals surface area contributed by atoms with Gasteiger partial charge in [-0.25, -0.2) is 4.98 Å². The Morgan fingerprint density at radius 2 is 2.08 bits per heavy atom. The lowest BCUT2D eigenvalue weighted by Gasteiger charge is -2.16. The molecular weight excluding hydrogens is 456 g/mol. The Kier molecular flexibility index (Phi) is 7.12. The highest BCUT2D eigenvalue weighted by atomic mass is 16.6. The number of fused-ring (bicyclic) bond motifs is 1. The molecule has 8 heteroatoms. The van der Waals surface area contributed by atoms with E-state index in [1.54, 1.807) is 30.4 Å². The van der Waals surface area contributed by atoms with Gasteiger partial charge in [-0.05, 0) is 60.4 Å².